The SMILES string of the molecule is CC(C)[C@H](NC(=O)[C@@H]1CCCN1C(=O)[C@@H]1CCCN1)C(=O)N[C@@H](CCC(=O)O)C(=O)N[C@@H](CCCCN)C(=O)O. The topological polar surface area (TPSA) is 220 Å². The van der Waals surface area contributed by atoms with Crippen molar-refractivity contribution in [2.45, 2.75) is 102 Å². The molecule has 4 amide bonds. The van der Waals surface area contributed by atoms with Crippen molar-refractivity contribution in [1.29, 1.82) is 0 Å². The maximum Gasteiger partial charge on any atom is 0.326 e. The molecule has 8 N–H and O–H groups in total. The first kappa shape index (κ1) is 32.9. The predicted octanol–water partition coefficient (Wildman–Crippen LogP) is -1.08. The van der Waals surface area contributed by atoms with E-state index in [1.807, 2.05) is 0 Å². The summed E-state index contributed by atoms with van der Waals surface area (Å²) in [6, 6.07) is -4.69. The Hall–Kier alpha value is -3.26. The molecule has 0 aromatic heterocycles. The summed E-state index contributed by atoms with van der Waals surface area (Å²) in [6.45, 7) is 4.96. The molecule has 0 spiro atoms. The third kappa shape index (κ3) is 9.73. The third-order valence-electron chi connectivity index (χ3n) is 7.29. The van der Waals surface area contributed by atoms with Crippen LogP contribution >= 0.6 is 0 Å². The molecule has 0 aromatic rings. The van der Waals surface area contributed by atoms with Gasteiger partial charge in [0, 0.05) is 13.0 Å². The van der Waals surface area contributed by atoms with E-state index >= 15 is 0 Å². The highest BCUT2D eigenvalue weighted by Gasteiger charge is 2.39. The number of carbonyl (C=O) groups is 6. The van der Waals surface area contributed by atoms with Crippen molar-refractivity contribution in [1.82, 2.24) is 26.2 Å². The molecule has 2 fully saturated rings. The van der Waals surface area contributed by atoms with Gasteiger partial charge in [-0.3, -0.25) is 24.0 Å². The van der Waals surface area contributed by atoms with Gasteiger partial charge in [-0.15, -0.1) is 0 Å². The highest BCUT2D eigenvalue weighted by molar-refractivity contribution is 5.96. The second-order valence-corrected chi connectivity index (χ2v) is 10.7. The second-order valence-electron chi connectivity index (χ2n) is 10.7. The van der Waals surface area contributed by atoms with Gasteiger partial charge in [0.05, 0.1) is 6.04 Å². The quantitative estimate of drug-likeness (QED) is 0.112. The number of nitrogens with two attached hydrogens (primary N) is 1. The lowest BCUT2D eigenvalue weighted by atomic mass is 10.0. The van der Waals surface area contributed by atoms with Crippen molar-refractivity contribution >= 4 is 35.6 Å². The monoisotopic (exact) mass is 568 g/mol. The molecule has 14 heteroatoms. The number of carboxylic acid groups (broad SMARTS) is 2. The van der Waals surface area contributed by atoms with Crippen LogP contribution in [0.15, 0.2) is 0 Å². The molecule has 226 valence electrons. The average molecular weight is 569 g/mol. The lowest BCUT2D eigenvalue weighted by Crippen LogP contribution is -2.59. The van der Waals surface area contributed by atoms with E-state index in [1.54, 1.807) is 18.7 Å². The fraction of sp³-hybridized carbons (Fsp3) is 0.769. The van der Waals surface area contributed by atoms with Crippen LogP contribution in [0.25, 0.3) is 0 Å². The maximum atomic E-state index is 13.3. The number of unbranched alkanes of at least 4 members (excludes halogenated alkanes) is 1. The molecule has 5 atom stereocenters. The lowest BCUT2D eigenvalue weighted by molar-refractivity contribution is -0.143. The summed E-state index contributed by atoms with van der Waals surface area (Å²) in [4.78, 5) is 76.8. The van der Waals surface area contributed by atoms with Gasteiger partial charge in [0.2, 0.25) is 23.6 Å². The van der Waals surface area contributed by atoms with Crippen LogP contribution in [0, 0.1) is 5.92 Å². The van der Waals surface area contributed by atoms with E-state index in [4.69, 9.17) is 10.8 Å². The van der Waals surface area contributed by atoms with Gasteiger partial charge >= 0.3 is 11.9 Å². The van der Waals surface area contributed by atoms with Crippen LogP contribution in [-0.4, -0.2) is 101 Å². The molecule has 14 nitrogen and oxygen atoms in total. The summed E-state index contributed by atoms with van der Waals surface area (Å²) in [5, 5.41) is 29.4. The number of hydrogen-bond donors (Lipinski definition) is 7. The summed E-state index contributed by atoms with van der Waals surface area (Å²) in [5.41, 5.74) is 5.45. The Labute approximate surface area is 234 Å². The van der Waals surface area contributed by atoms with Crippen molar-refractivity contribution < 1.29 is 39.0 Å². The molecule has 2 heterocycles. The first-order valence-corrected chi connectivity index (χ1v) is 14.1. The van der Waals surface area contributed by atoms with Crippen LogP contribution in [0.4, 0.5) is 0 Å². The highest BCUT2D eigenvalue weighted by Crippen LogP contribution is 2.21. The van der Waals surface area contributed by atoms with Crippen LogP contribution in [0.1, 0.15) is 71.6 Å². The number of carbonyl (C=O) groups excluding carboxylic acids is 4. The van der Waals surface area contributed by atoms with Crippen LogP contribution in [-0.2, 0) is 28.8 Å². The third-order valence-corrected chi connectivity index (χ3v) is 7.29. The molecular weight excluding hydrogens is 524 g/mol. The first-order valence-electron chi connectivity index (χ1n) is 14.1. The van der Waals surface area contributed by atoms with E-state index in [1.165, 1.54) is 0 Å². The standard InChI is InChI=1S/C26H44N6O8/c1-15(2)21(31-23(36)19-9-6-14-32(19)25(38)17-8-5-13-28-17)24(37)29-16(10-11-20(33)34)22(35)30-18(26(39)40)7-3-4-12-27/h15-19,21,28H,3-14,27H2,1-2H3,(H,29,37)(H,30,35)(H,31,36)(H,33,34)(H,39,40)/t16-,17-,18-,19-,21-/m0/s1. The predicted molar refractivity (Wildman–Crippen MR) is 144 cm³/mol. The Balaban J connectivity index is 2.10. The molecule has 2 aliphatic heterocycles. The summed E-state index contributed by atoms with van der Waals surface area (Å²) < 4.78 is 0. The molecule has 0 aliphatic carbocycles. The van der Waals surface area contributed by atoms with Gasteiger partial charge in [0.25, 0.3) is 0 Å². The van der Waals surface area contributed by atoms with Gasteiger partial charge < -0.3 is 42.1 Å². The fourth-order valence-electron chi connectivity index (χ4n) is 5.00. The van der Waals surface area contributed by atoms with Crippen molar-refractivity contribution in [2.75, 3.05) is 19.6 Å². The van der Waals surface area contributed by atoms with E-state index < -0.39 is 66.2 Å². The maximum absolute atomic E-state index is 13.3. The summed E-state index contributed by atoms with van der Waals surface area (Å²) in [6.07, 6.45) is 3.12. The van der Waals surface area contributed by atoms with Crippen molar-refractivity contribution in [3.8, 4) is 0 Å². The van der Waals surface area contributed by atoms with Crippen LogP contribution in [0.2, 0.25) is 0 Å². The zero-order chi connectivity index (χ0) is 29.8. The Morgan fingerprint density at radius 1 is 0.925 bits per heavy atom. The Morgan fingerprint density at radius 3 is 2.20 bits per heavy atom. The average Bonchev–Trinajstić information content (AvgIpc) is 3.61. The van der Waals surface area contributed by atoms with E-state index in [2.05, 4.69) is 21.3 Å². The molecule has 0 radical (unpaired) electrons. The van der Waals surface area contributed by atoms with Gasteiger partial charge in [-0.1, -0.05) is 13.8 Å². The Morgan fingerprint density at radius 2 is 1.62 bits per heavy atom. The van der Waals surface area contributed by atoms with Gasteiger partial charge in [-0.2, -0.15) is 0 Å². The lowest BCUT2D eigenvalue weighted by Gasteiger charge is -2.30. The number of carboxylic acids is 2. The smallest absolute Gasteiger partial charge is 0.326 e. The molecule has 0 saturated carbocycles. The largest absolute Gasteiger partial charge is 0.481 e. The minimum absolute atomic E-state index is 0.121. The van der Waals surface area contributed by atoms with E-state index in [0.29, 0.717) is 45.2 Å². The van der Waals surface area contributed by atoms with Crippen molar-refractivity contribution in [2.24, 2.45) is 11.7 Å². The molecule has 0 unspecified atom stereocenters. The number of hydrogen-bond acceptors (Lipinski definition) is 8. The normalized spacial score (nSPS) is 20.9. The Kier molecular flexibility index (Phi) is 13.3. The zero-order valence-corrected chi connectivity index (χ0v) is 23.3. The van der Waals surface area contributed by atoms with E-state index in [0.717, 1.165) is 13.0 Å². The second kappa shape index (κ2) is 16.1. The zero-order valence-electron chi connectivity index (χ0n) is 23.3. The van der Waals surface area contributed by atoms with Crippen LogP contribution in [0.5, 0.6) is 0 Å². The summed E-state index contributed by atoms with van der Waals surface area (Å²) >= 11 is 0. The fourth-order valence-corrected chi connectivity index (χ4v) is 5.00. The molecule has 0 aromatic carbocycles. The first-order chi connectivity index (χ1) is 19.0. The molecule has 2 aliphatic rings. The van der Waals surface area contributed by atoms with Crippen molar-refractivity contribution in [3.05, 3.63) is 0 Å². The number of rotatable bonds is 16. The minimum Gasteiger partial charge on any atom is -0.481 e. The number of nitrogens with zero attached hydrogens (tertiary/aromatic N) is 1. The highest BCUT2D eigenvalue weighted by atomic mass is 16.4. The van der Waals surface area contributed by atoms with Crippen LogP contribution in [0.3, 0.4) is 0 Å². The number of aliphatic carboxylic acids is 2. The molecule has 2 saturated heterocycles. The Bertz CT molecular complexity index is 923. The number of amides is 4. The van der Waals surface area contributed by atoms with Gasteiger partial charge in [0.15, 0.2) is 0 Å². The van der Waals surface area contributed by atoms with Gasteiger partial charge in [0.1, 0.15) is 24.2 Å². The summed E-state index contributed by atoms with van der Waals surface area (Å²) in [5.74, 6) is -5.01. The van der Waals surface area contributed by atoms with E-state index in [9.17, 15) is 33.9 Å². The molecule has 2 rings (SSSR count). The number of likely N-dealkylation sites (tertiary alicyclic amines) is 1. The van der Waals surface area contributed by atoms with E-state index in [-0.39, 0.29) is 24.8 Å². The molecular formula is C26H44N6O8. The van der Waals surface area contributed by atoms with Crippen molar-refractivity contribution in [3.63, 3.8) is 0 Å². The number of nitrogens with one attached hydrogen (secondary N) is 4. The summed E-state index contributed by atoms with van der Waals surface area (Å²) in [7, 11) is 0. The van der Waals surface area contributed by atoms with Crippen LogP contribution < -0.4 is 27.0 Å². The molecule has 0 bridgehead atoms. The minimum atomic E-state index is -1.34. The van der Waals surface area contributed by atoms with Gasteiger partial charge in [-0.05, 0) is 70.4 Å². The molecule has 40 heavy (non-hydrogen) atoms. The van der Waals surface area contributed by atoms with Gasteiger partial charge in [-0.25, -0.2) is 4.79 Å².